The molecule has 0 aliphatic rings. The van der Waals surface area contributed by atoms with E-state index >= 15 is 0 Å². The Hall–Kier alpha value is -1.35. The van der Waals surface area contributed by atoms with Crippen LogP contribution in [0.3, 0.4) is 0 Å². The van der Waals surface area contributed by atoms with Gasteiger partial charge in [0.15, 0.2) is 0 Å². The third-order valence-electron chi connectivity index (χ3n) is 1.99. The summed E-state index contributed by atoms with van der Waals surface area (Å²) in [6, 6.07) is 4.14. The molecule has 9 heteroatoms. The number of benzene rings is 1. The molecule has 1 rings (SSSR count). The van der Waals surface area contributed by atoms with E-state index in [0.717, 1.165) is 0 Å². The second-order valence-corrected chi connectivity index (χ2v) is 3.64. The van der Waals surface area contributed by atoms with Crippen molar-refractivity contribution in [1.82, 2.24) is 0 Å². The number of nitrogens with zero attached hydrogens (tertiary/aromatic N) is 1. The summed E-state index contributed by atoms with van der Waals surface area (Å²) in [6.45, 7) is 3.83. The summed E-state index contributed by atoms with van der Waals surface area (Å²) >= 11 is 8.37. The van der Waals surface area contributed by atoms with E-state index in [1.165, 1.54) is 18.2 Å². The first-order valence-corrected chi connectivity index (χ1v) is 6.71. The van der Waals surface area contributed by atoms with Gasteiger partial charge in [-0.2, -0.15) is 0 Å². The molecule has 0 saturated heterocycles. The van der Waals surface area contributed by atoms with Crippen molar-refractivity contribution in [3.63, 3.8) is 0 Å². The van der Waals surface area contributed by atoms with Crippen LogP contribution in [0, 0.1) is 10.1 Å². The molecule has 0 unspecified atom stereocenters. The Morgan fingerprint density at radius 1 is 1.43 bits per heavy atom. The number of hydrogen-bond donors (Lipinski definition) is 3. The second-order valence-electron chi connectivity index (χ2n) is 3.23. The maximum Gasteiger partial charge on any atom is 0.329 e. The van der Waals surface area contributed by atoms with Crippen molar-refractivity contribution in [3.8, 4) is 0 Å². The largest absolute Gasteiger partial charge is 0.480 e. The van der Waals surface area contributed by atoms with Crippen LogP contribution in [-0.4, -0.2) is 33.8 Å². The Morgan fingerprint density at radius 3 is 2.43 bits per heavy atom. The highest BCUT2D eigenvalue weighted by Gasteiger charge is 2.09. The van der Waals surface area contributed by atoms with Crippen molar-refractivity contribution >= 4 is 36.2 Å². The van der Waals surface area contributed by atoms with E-state index in [1.54, 1.807) is 0 Å². The number of nitro benzene ring substituents is 1. The highest BCUT2D eigenvalue weighted by molar-refractivity contribution is 7.74. The average molecular weight is 340 g/mol. The van der Waals surface area contributed by atoms with Crippen LogP contribution in [0.1, 0.15) is 19.4 Å². The Kier molecular flexibility index (Phi) is 14.2. The second kappa shape index (κ2) is 13.6. The van der Waals surface area contributed by atoms with Gasteiger partial charge in [0.05, 0.1) is 16.6 Å². The number of thiol groups is 1. The number of non-ortho nitro benzene ring substituents is 1. The van der Waals surface area contributed by atoms with E-state index in [-0.39, 0.29) is 23.9 Å². The van der Waals surface area contributed by atoms with E-state index < -0.39 is 10.9 Å². The van der Waals surface area contributed by atoms with Gasteiger partial charge in [-0.1, -0.05) is 31.5 Å². The molecule has 0 saturated carbocycles. The molecular formula is C12H18ClNO6S. The van der Waals surface area contributed by atoms with Gasteiger partial charge in [-0.05, 0) is 24.9 Å². The van der Waals surface area contributed by atoms with Gasteiger partial charge in [-0.3, -0.25) is 10.1 Å². The Bertz CT molecular complexity index is 444. The van der Waals surface area contributed by atoms with Crippen molar-refractivity contribution in [2.24, 2.45) is 0 Å². The first-order valence-electron chi connectivity index (χ1n) is 5.93. The number of hydrogen-bond acceptors (Lipinski definition) is 6. The van der Waals surface area contributed by atoms with E-state index in [1.807, 2.05) is 13.8 Å². The zero-order chi connectivity index (χ0) is 16.8. The van der Waals surface area contributed by atoms with Gasteiger partial charge in [0, 0.05) is 12.1 Å². The minimum atomic E-state index is -1.04. The number of carboxylic acid groups (broad SMARTS) is 1. The lowest BCUT2D eigenvalue weighted by molar-refractivity contribution is -0.384. The number of carboxylic acids is 1. The Labute approximate surface area is 133 Å². The number of rotatable bonds is 6. The lowest BCUT2D eigenvalue weighted by atomic mass is 10.1. The molecule has 0 bridgehead atoms. The molecule has 1 aromatic carbocycles. The average Bonchev–Trinajstić information content (AvgIpc) is 2.48. The van der Waals surface area contributed by atoms with Gasteiger partial charge in [0.2, 0.25) is 0 Å². The normalized spacial score (nSPS) is 8.81. The molecule has 21 heavy (non-hydrogen) atoms. The lowest BCUT2D eigenvalue weighted by Gasteiger charge is -2.04. The highest BCUT2D eigenvalue weighted by Crippen LogP contribution is 2.22. The number of halogens is 1. The monoisotopic (exact) mass is 339 g/mol. The van der Waals surface area contributed by atoms with Gasteiger partial charge in [-0.15, -0.1) is 0 Å². The van der Waals surface area contributed by atoms with Crippen LogP contribution in [0.25, 0.3) is 0 Å². The van der Waals surface area contributed by atoms with Crippen molar-refractivity contribution in [2.45, 2.75) is 20.3 Å². The predicted molar refractivity (Wildman–Crippen MR) is 83.2 cm³/mol. The van der Waals surface area contributed by atoms with Crippen molar-refractivity contribution < 1.29 is 24.1 Å². The van der Waals surface area contributed by atoms with Gasteiger partial charge >= 0.3 is 5.97 Å². The van der Waals surface area contributed by atoms with Gasteiger partial charge in [0.1, 0.15) is 6.61 Å². The fourth-order valence-corrected chi connectivity index (χ4v) is 1.46. The molecule has 0 radical (unpaired) electrons. The summed E-state index contributed by atoms with van der Waals surface area (Å²) in [5.41, 5.74) is 0.604. The summed E-state index contributed by atoms with van der Waals surface area (Å²) in [7, 11) is 0. The summed E-state index contributed by atoms with van der Waals surface area (Å²) in [4.78, 5) is 20.1. The Balaban J connectivity index is 0. The SMILES string of the molecule is CC.O=C(O)COCCc1ccc([N+](=O)[O-])cc1Cl.OS. The van der Waals surface area contributed by atoms with Gasteiger partial charge in [0.25, 0.3) is 5.69 Å². The fraction of sp³-hybridized carbons (Fsp3) is 0.417. The van der Waals surface area contributed by atoms with Crippen LogP contribution in [0.2, 0.25) is 5.02 Å². The number of aliphatic carboxylic acids is 1. The minimum absolute atomic E-state index is 0.0785. The molecule has 0 amide bonds. The summed E-state index contributed by atoms with van der Waals surface area (Å²) < 4.78 is 11.5. The molecular weight excluding hydrogens is 322 g/mol. The summed E-state index contributed by atoms with van der Waals surface area (Å²) in [5.74, 6) is -1.04. The quantitative estimate of drug-likeness (QED) is 0.241. The van der Waals surface area contributed by atoms with Crippen LogP contribution in [-0.2, 0) is 16.0 Å². The number of ether oxygens (including phenoxy) is 1. The third-order valence-corrected chi connectivity index (χ3v) is 2.34. The van der Waals surface area contributed by atoms with Crippen molar-refractivity contribution in [1.29, 1.82) is 0 Å². The topological polar surface area (TPSA) is 110 Å². The smallest absolute Gasteiger partial charge is 0.329 e. The zero-order valence-corrected chi connectivity index (χ0v) is 13.3. The molecule has 120 valence electrons. The molecule has 0 fully saturated rings. The predicted octanol–water partition coefficient (Wildman–Crippen LogP) is 3.31. The minimum Gasteiger partial charge on any atom is -0.480 e. The van der Waals surface area contributed by atoms with Crippen LogP contribution in [0.4, 0.5) is 5.69 Å². The molecule has 0 aliphatic carbocycles. The number of nitro groups is 1. The standard InChI is InChI=1S/C10H10ClNO5.C2H6.H2OS/c11-9-5-8(12(15)16)2-1-7(9)3-4-17-6-10(13)14;2*1-2/h1-2,5H,3-4,6H2,(H,13,14);1-2H3;1-2H. The van der Waals surface area contributed by atoms with Crippen molar-refractivity contribution in [3.05, 3.63) is 38.9 Å². The maximum absolute atomic E-state index is 10.5. The van der Waals surface area contributed by atoms with E-state index in [2.05, 4.69) is 12.9 Å². The molecule has 0 atom stereocenters. The first-order chi connectivity index (χ1) is 10.0. The van der Waals surface area contributed by atoms with Gasteiger partial charge < -0.3 is 14.4 Å². The number of carbonyl (C=O) groups is 1. The fourth-order valence-electron chi connectivity index (χ4n) is 1.19. The molecule has 2 N–H and O–H groups in total. The first kappa shape index (κ1) is 21.9. The van der Waals surface area contributed by atoms with Gasteiger partial charge in [-0.25, -0.2) is 4.79 Å². The van der Waals surface area contributed by atoms with Crippen molar-refractivity contribution in [2.75, 3.05) is 13.2 Å². The molecule has 0 aromatic heterocycles. The van der Waals surface area contributed by atoms with E-state index in [4.69, 9.17) is 26.0 Å². The van der Waals surface area contributed by atoms with E-state index in [9.17, 15) is 14.9 Å². The molecule has 0 heterocycles. The lowest BCUT2D eigenvalue weighted by Crippen LogP contribution is -2.09. The highest BCUT2D eigenvalue weighted by atomic mass is 35.5. The summed E-state index contributed by atoms with van der Waals surface area (Å²) in [6.07, 6.45) is 0.407. The van der Waals surface area contributed by atoms with E-state index in [0.29, 0.717) is 12.0 Å². The zero-order valence-electron chi connectivity index (χ0n) is 11.7. The summed E-state index contributed by atoms with van der Waals surface area (Å²) in [5, 5.41) is 19.1. The van der Waals surface area contributed by atoms with Crippen LogP contribution in [0.15, 0.2) is 18.2 Å². The van der Waals surface area contributed by atoms with Crippen LogP contribution in [0.5, 0.6) is 0 Å². The molecule has 1 aromatic rings. The molecule has 0 spiro atoms. The Morgan fingerprint density at radius 2 is 2.00 bits per heavy atom. The molecule has 0 aliphatic heterocycles. The molecule has 7 nitrogen and oxygen atoms in total. The third kappa shape index (κ3) is 10.1. The van der Waals surface area contributed by atoms with Crippen LogP contribution < -0.4 is 0 Å². The van der Waals surface area contributed by atoms with Crippen LogP contribution >= 0.6 is 24.5 Å². The maximum atomic E-state index is 10.5.